The largest absolute Gasteiger partial charge is 0.302 e. The van der Waals surface area contributed by atoms with Crippen LogP contribution in [0.25, 0.3) is 0 Å². The van der Waals surface area contributed by atoms with Crippen LogP contribution in [0.2, 0.25) is 0 Å². The highest BCUT2D eigenvalue weighted by molar-refractivity contribution is 5.07. The van der Waals surface area contributed by atoms with Gasteiger partial charge in [-0.3, -0.25) is 9.36 Å². The van der Waals surface area contributed by atoms with Gasteiger partial charge in [-0.2, -0.15) is 10.2 Å². The van der Waals surface area contributed by atoms with Gasteiger partial charge in [0, 0.05) is 24.0 Å². The van der Waals surface area contributed by atoms with E-state index in [0.717, 1.165) is 37.4 Å². The maximum absolute atomic E-state index is 4.55. The van der Waals surface area contributed by atoms with Crippen LogP contribution in [0.1, 0.15) is 36.1 Å². The lowest BCUT2D eigenvalue weighted by Crippen LogP contribution is -2.34. The van der Waals surface area contributed by atoms with Gasteiger partial charge in [0.05, 0.1) is 17.9 Å². The molecule has 2 aromatic heterocycles. The Morgan fingerprint density at radius 2 is 1.55 bits per heavy atom. The zero-order valence-electron chi connectivity index (χ0n) is 14.8. The van der Waals surface area contributed by atoms with Crippen molar-refractivity contribution in [3.8, 4) is 0 Å². The molecule has 0 N–H and O–H groups in total. The van der Waals surface area contributed by atoms with Crippen LogP contribution in [-0.4, -0.2) is 44.1 Å². The molecule has 0 saturated heterocycles. The van der Waals surface area contributed by atoms with E-state index in [1.54, 1.807) is 0 Å². The zero-order valence-corrected chi connectivity index (χ0v) is 14.8. The molecule has 5 nitrogen and oxygen atoms in total. The Hall–Kier alpha value is -1.62. The van der Waals surface area contributed by atoms with Crippen molar-refractivity contribution in [1.29, 1.82) is 0 Å². The Kier molecular flexibility index (Phi) is 5.40. The molecule has 1 unspecified atom stereocenters. The minimum absolute atomic E-state index is 0.471. The number of likely N-dealkylation sites (N-methyl/N-ethyl adjacent to an activating group) is 1. The average molecular weight is 303 g/mol. The first-order valence-electron chi connectivity index (χ1n) is 8.09. The van der Waals surface area contributed by atoms with Gasteiger partial charge in [0.15, 0.2) is 0 Å². The Morgan fingerprint density at radius 3 is 2.05 bits per heavy atom. The van der Waals surface area contributed by atoms with E-state index in [1.807, 2.05) is 13.8 Å². The third-order valence-corrected chi connectivity index (χ3v) is 4.28. The van der Waals surface area contributed by atoms with Crippen LogP contribution in [-0.2, 0) is 13.1 Å². The molecule has 0 aliphatic carbocycles. The second-order valence-corrected chi connectivity index (χ2v) is 6.44. The number of hydrogen-bond acceptors (Lipinski definition) is 3. The van der Waals surface area contributed by atoms with E-state index in [0.29, 0.717) is 6.04 Å². The molecule has 0 radical (unpaired) electrons. The normalized spacial score (nSPS) is 13.0. The van der Waals surface area contributed by atoms with Crippen LogP contribution >= 0.6 is 0 Å². The maximum atomic E-state index is 4.55. The summed E-state index contributed by atoms with van der Waals surface area (Å²) in [6, 6.07) is 4.74. The van der Waals surface area contributed by atoms with Gasteiger partial charge in [0.1, 0.15) is 0 Å². The van der Waals surface area contributed by atoms with Gasteiger partial charge in [-0.1, -0.05) is 0 Å². The van der Waals surface area contributed by atoms with Crippen molar-refractivity contribution in [2.75, 3.05) is 13.6 Å². The van der Waals surface area contributed by atoms with Crippen LogP contribution in [0.4, 0.5) is 0 Å². The number of aromatic nitrogens is 4. The molecule has 0 spiro atoms. The molecule has 5 heteroatoms. The number of nitrogens with zero attached hydrogens (tertiary/aromatic N) is 5. The minimum Gasteiger partial charge on any atom is -0.302 e. The van der Waals surface area contributed by atoms with Crippen LogP contribution in [0.5, 0.6) is 0 Å². The van der Waals surface area contributed by atoms with E-state index in [1.165, 1.54) is 11.4 Å². The molecule has 0 aliphatic heterocycles. The topological polar surface area (TPSA) is 38.9 Å². The summed E-state index contributed by atoms with van der Waals surface area (Å²) in [7, 11) is 2.19. The molecule has 2 aromatic rings. The van der Waals surface area contributed by atoms with Gasteiger partial charge in [-0.25, -0.2) is 0 Å². The van der Waals surface area contributed by atoms with E-state index in [9.17, 15) is 0 Å². The fourth-order valence-corrected chi connectivity index (χ4v) is 2.84. The quantitative estimate of drug-likeness (QED) is 0.789. The summed E-state index contributed by atoms with van der Waals surface area (Å²) < 4.78 is 4.21. The van der Waals surface area contributed by atoms with Gasteiger partial charge in [-0.05, 0) is 66.8 Å². The number of aryl methyl sites for hydroxylation is 5. The first kappa shape index (κ1) is 16.7. The molecule has 22 heavy (non-hydrogen) atoms. The van der Waals surface area contributed by atoms with Crippen LogP contribution in [0, 0.1) is 27.7 Å². The second kappa shape index (κ2) is 7.09. The average Bonchev–Trinajstić information content (AvgIpc) is 2.91. The summed E-state index contributed by atoms with van der Waals surface area (Å²) in [6.45, 7) is 13.6. The molecule has 1 atom stereocenters. The third-order valence-electron chi connectivity index (χ3n) is 4.28. The van der Waals surface area contributed by atoms with E-state index in [-0.39, 0.29) is 0 Å². The van der Waals surface area contributed by atoms with Crippen molar-refractivity contribution in [2.24, 2.45) is 0 Å². The van der Waals surface area contributed by atoms with Gasteiger partial charge in [0.2, 0.25) is 0 Å². The highest BCUT2D eigenvalue weighted by Gasteiger charge is 2.12. The summed E-state index contributed by atoms with van der Waals surface area (Å²) >= 11 is 0. The summed E-state index contributed by atoms with van der Waals surface area (Å²) in [5, 5.41) is 9.07. The fourth-order valence-electron chi connectivity index (χ4n) is 2.84. The van der Waals surface area contributed by atoms with Crippen molar-refractivity contribution in [1.82, 2.24) is 24.5 Å². The first-order chi connectivity index (χ1) is 10.4. The predicted molar refractivity (Wildman–Crippen MR) is 90.1 cm³/mol. The predicted octanol–water partition coefficient (Wildman–Crippen LogP) is 2.72. The number of rotatable bonds is 7. The number of hydrogen-bond donors (Lipinski definition) is 0. The SMILES string of the molecule is Cc1cc(C)n(CCCN(C)C(C)Cn2nc(C)cc2C)n1. The van der Waals surface area contributed by atoms with Crippen molar-refractivity contribution >= 4 is 0 Å². The van der Waals surface area contributed by atoms with Crippen molar-refractivity contribution in [3.63, 3.8) is 0 Å². The molecule has 0 bridgehead atoms. The Bertz CT molecular complexity index is 611. The Balaban J connectivity index is 1.80. The van der Waals surface area contributed by atoms with E-state index >= 15 is 0 Å². The summed E-state index contributed by atoms with van der Waals surface area (Å²) in [6.07, 6.45) is 1.11. The van der Waals surface area contributed by atoms with Gasteiger partial charge in [-0.15, -0.1) is 0 Å². The van der Waals surface area contributed by atoms with Crippen molar-refractivity contribution in [3.05, 3.63) is 34.9 Å². The summed E-state index contributed by atoms with van der Waals surface area (Å²) in [4.78, 5) is 2.40. The monoisotopic (exact) mass is 303 g/mol. The van der Waals surface area contributed by atoms with E-state index in [4.69, 9.17) is 0 Å². The van der Waals surface area contributed by atoms with Crippen molar-refractivity contribution in [2.45, 2.75) is 60.2 Å². The first-order valence-corrected chi connectivity index (χ1v) is 8.09. The highest BCUT2D eigenvalue weighted by Crippen LogP contribution is 2.07. The second-order valence-electron chi connectivity index (χ2n) is 6.44. The Labute approximate surface area is 133 Å². The molecule has 2 heterocycles. The highest BCUT2D eigenvalue weighted by atomic mass is 15.3. The molecule has 122 valence electrons. The van der Waals surface area contributed by atoms with Crippen LogP contribution < -0.4 is 0 Å². The standard InChI is InChI=1S/C17H29N5/c1-13-10-15(3)21(18-13)9-7-8-20(6)17(5)12-22-16(4)11-14(2)19-22/h10-11,17H,7-9,12H2,1-6H3. The van der Waals surface area contributed by atoms with E-state index in [2.05, 4.69) is 64.4 Å². The van der Waals surface area contributed by atoms with Crippen molar-refractivity contribution < 1.29 is 0 Å². The smallest absolute Gasteiger partial charge is 0.0596 e. The van der Waals surface area contributed by atoms with Gasteiger partial charge in [0.25, 0.3) is 0 Å². The molecule has 0 aromatic carbocycles. The molecular formula is C17H29N5. The molecule has 0 saturated carbocycles. The molecule has 0 aliphatic rings. The third kappa shape index (κ3) is 4.19. The van der Waals surface area contributed by atoms with Gasteiger partial charge >= 0.3 is 0 Å². The lowest BCUT2D eigenvalue weighted by atomic mass is 10.2. The maximum Gasteiger partial charge on any atom is 0.0596 e. The molecule has 0 amide bonds. The molecule has 0 fully saturated rings. The Morgan fingerprint density at radius 1 is 1.00 bits per heavy atom. The van der Waals surface area contributed by atoms with Crippen LogP contribution in [0.15, 0.2) is 12.1 Å². The van der Waals surface area contributed by atoms with E-state index < -0.39 is 0 Å². The fraction of sp³-hybridized carbons (Fsp3) is 0.647. The van der Waals surface area contributed by atoms with Gasteiger partial charge < -0.3 is 4.90 Å². The lowest BCUT2D eigenvalue weighted by molar-refractivity contribution is 0.221. The summed E-state index contributed by atoms with van der Waals surface area (Å²) in [5.41, 5.74) is 4.68. The minimum atomic E-state index is 0.471. The summed E-state index contributed by atoms with van der Waals surface area (Å²) in [5.74, 6) is 0. The zero-order chi connectivity index (χ0) is 16.3. The lowest BCUT2D eigenvalue weighted by Gasteiger charge is -2.25. The molecular weight excluding hydrogens is 274 g/mol. The van der Waals surface area contributed by atoms with Crippen LogP contribution in [0.3, 0.4) is 0 Å². The molecule has 2 rings (SSSR count).